The molecule has 0 unspecified atom stereocenters. The first-order chi connectivity index (χ1) is 23.2. The lowest BCUT2D eigenvalue weighted by Gasteiger charge is -2.16. The summed E-state index contributed by atoms with van der Waals surface area (Å²) in [6.07, 6.45) is 0.805. The van der Waals surface area contributed by atoms with Gasteiger partial charge in [-0.05, 0) is 73.5 Å². The first kappa shape index (κ1) is 32.0. The number of hydrogen-bond donors (Lipinski definition) is 3. The van der Waals surface area contributed by atoms with Crippen molar-refractivity contribution in [1.29, 1.82) is 0 Å². The summed E-state index contributed by atoms with van der Waals surface area (Å²) in [5, 5.41) is 15.1. The number of carbonyl (C=O) groups excluding carboxylic acids is 2. The molecule has 0 bridgehead atoms. The summed E-state index contributed by atoms with van der Waals surface area (Å²) < 4.78 is 18.4. The summed E-state index contributed by atoms with van der Waals surface area (Å²) in [4.78, 5) is 39.3. The van der Waals surface area contributed by atoms with Gasteiger partial charge in [0.25, 0.3) is 11.8 Å². The van der Waals surface area contributed by atoms with E-state index in [0.717, 1.165) is 47.7 Å². The molecule has 0 atom stereocenters. The molecule has 0 aliphatic carbocycles. The molecule has 4 aromatic carbocycles. The molecular weight excluding hydrogens is 610 g/mol. The third-order valence-electron chi connectivity index (χ3n) is 8.11. The molecule has 0 aliphatic rings. The minimum Gasteiger partial charge on any atom is -0.493 e. The topological polar surface area (TPSA) is 137 Å². The van der Waals surface area contributed by atoms with E-state index >= 15 is 0 Å². The van der Waals surface area contributed by atoms with Crippen LogP contribution in [0.25, 0.3) is 21.9 Å². The normalized spacial score (nSPS) is 11.1. The Morgan fingerprint density at radius 3 is 2.33 bits per heavy atom. The van der Waals surface area contributed by atoms with Crippen molar-refractivity contribution >= 4 is 45.1 Å². The Bertz CT molecular complexity index is 2200. The Balaban J connectivity index is 1.12. The monoisotopic (exact) mass is 645 g/mol. The number of para-hydroxylation sites is 1. The molecule has 3 N–H and O–H groups in total. The Morgan fingerprint density at radius 1 is 0.833 bits per heavy atom. The Hall–Kier alpha value is -5.94. The van der Waals surface area contributed by atoms with Crippen molar-refractivity contribution in [3.63, 3.8) is 0 Å². The number of carbonyl (C=O) groups is 2. The van der Waals surface area contributed by atoms with Gasteiger partial charge in [-0.3, -0.25) is 19.1 Å². The van der Waals surface area contributed by atoms with Crippen LogP contribution in [0.5, 0.6) is 11.5 Å². The third kappa shape index (κ3) is 6.76. The van der Waals surface area contributed by atoms with Crippen molar-refractivity contribution in [2.24, 2.45) is 7.05 Å². The average molecular weight is 646 g/mol. The fourth-order valence-corrected chi connectivity index (χ4v) is 5.59. The first-order valence-corrected chi connectivity index (χ1v) is 15.4. The van der Waals surface area contributed by atoms with Gasteiger partial charge in [0.15, 0.2) is 22.7 Å². The lowest BCUT2D eigenvalue weighted by atomic mass is 10.1. The zero-order chi connectivity index (χ0) is 33.8. The van der Waals surface area contributed by atoms with Gasteiger partial charge in [-0.15, -0.1) is 0 Å². The van der Waals surface area contributed by atoms with Gasteiger partial charge in [0.2, 0.25) is 0 Å². The molecule has 0 aliphatic heterocycles. The van der Waals surface area contributed by atoms with Gasteiger partial charge in [-0.2, -0.15) is 5.10 Å². The van der Waals surface area contributed by atoms with E-state index in [9.17, 15) is 14.4 Å². The summed E-state index contributed by atoms with van der Waals surface area (Å²) in [6, 6.07) is 24.7. The van der Waals surface area contributed by atoms with Gasteiger partial charge in [0, 0.05) is 36.8 Å². The molecule has 6 aromatic rings. The molecule has 2 heterocycles. The number of aromatic nitrogens is 2. The maximum Gasteiger partial charge on any atom is 0.291 e. The van der Waals surface area contributed by atoms with E-state index in [2.05, 4.69) is 39.2 Å². The van der Waals surface area contributed by atoms with Crippen LogP contribution in [0, 0.1) is 6.92 Å². The fourth-order valence-electron chi connectivity index (χ4n) is 5.59. The molecule has 2 aromatic heterocycles. The Morgan fingerprint density at radius 2 is 1.56 bits per heavy atom. The summed E-state index contributed by atoms with van der Waals surface area (Å²) in [5.41, 5.74) is 5.20. The lowest BCUT2D eigenvalue weighted by molar-refractivity contribution is 0.0997. The number of rotatable bonds is 11. The van der Waals surface area contributed by atoms with Crippen LogP contribution in [0.2, 0.25) is 0 Å². The van der Waals surface area contributed by atoms with Crippen LogP contribution >= 0.6 is 0 Å². The van der Waals surface area contributed by atoms with E-state index in [1.54, 1.807) is 24.3 Å². The highest BCUT2D eigenvalue weighted by molar-refractivity contribution is 6.12. The number of aryl methyl sites for hydroxylation is 2. The van der Waals surface area contributed by atoms with Crippen molar-refractivity contribution in [1.82, 2.24) is 15.1 Å². The zero-order valence-corrected chi connectivity index (χ0v) is 27.0. The molecular formula is C37H35N5O6. The summed E-state index contributed by atoms with van der Waals surface area (Å²) in [6.45, 7) is 3.54. The van der Waals surface area contributed by atoms with E-state index in [1.165, 1.54) is 31.9 Å². The maximum atomic E-state index is 13.5. The molecule has 244 valence electrons. The molecule has 0 saturated heterocycles. The zero-order valence-electron chi connectivity index (χ0n) is 27.0. The second-order valence-corrected chi connectivity index (χ2v) is 11.3. The largest absolute Gasteiger partial charge is 0.493 e. The van der Waals surface area contributed by atoms with Gasteiger partial charge < -0.3 is 29.8 Å². The van der Waals surface area contributed by atoms with Gasteiger partial charge in [0.05, 0.1) is 42.1 Å². The molecule has 0 fully saturated rings. The fraction of sp³-hybridized carbons (Fsp3) is 0.189. The molecule has 2 amide bonds. The average Bonchev–Trinajstić information content (AvgIpc) is 3.38. The molecule has 0 saturated carbocycles. The summed E-state index contributed by atoms with van der Waals surface area (Å²) in [7, 11) is 4.86. The van der Waals surface area contributed by atoms with E-state index in [-0.39, 0.29) is 28.0 Å². The number of benzene rings is 4. The van der Waals surface area contributed by atoms with Gasteiger partial charge in [-0.1, -0.05) is 30.3 Å². The van der Waals surface area contributed by atoms with Crippen LogP contribution in [-0.4, -0.2) is 42.4 Å². The Labute approximate surface area is 276 Å². The van der Waals surface area contributed by atoms with Crippen molar-refractivity contribution in [2.45, 2.75) is 19.9 Å². The van der Waals surface area contributed by atoms with E-state index in [0.29, 0.717) is 22.6 Å². The highest BCUT2D eigenvalue weighted by atomic mass is 16.5. The predicted molar refractivity (Wildman–Crippen MR) is 185 cm³/mol. The number of amides is 2. The first-order valence-electron chi connectivity index (χ1n) is 15.4. The second-order valence-electron chi connectivity index (χ2n) is 11.3. The van der Waals surface area contributed by atoms with Gasteiger partial charge in [0.1, 0.15) is 5.58 Å². The summed E-state index contributed by atoms with van der Waals surface area (Å²) >= 11 is 0. The van der Waals surface area contributed by atoms with Crippen LogP contribution < -0.4 is 30.9 Å². The number of ether oxygens (including phenoxy) is 2. The SMILES string of the molecule is COc1cc(NC(=O)c2cc(=O)c3ccccc3o2)c(C(=O)Nc2ccc(CCNCc3ccc4c(c3)c(C)nn4C)cc2)cc1OC. The molecule has 11 heteroatoms. The van der Waals surface area contributed by atoms with Crippen LogP contribution in [0.4, 0.5) is 11.4 Å². The predicted octanol–water partition coefficient (Wildman–Crippen LogP) is 5.84. The van der Waals surface area contributed by atoms with Gasteiger partial charge in [-0.25, -0.2) is 0 Å². The minimum atomic E-state index is -0.704. The number of methoxy groups -OCH3 is 2. The van der Waals surface area contributed by atoms with Crippen molar-refractivity contribution in [3.8, 4) is 11.5 Å². The molecule has 6 rings (SSSR count). The number of fused-ring (bicyclic) bond motifs is 2. The van der Waals surface area contributed by atoms with E-state index in [4.69, 9.17) is 13.9 Å². The number of nitrogens with one attached hydrogen (secondary N) is 3. The number of anilines is 2. The highest BCUT2D eigenvalue weighted by Gasteiger charge is 2.21. The van der Waals surface area contributed by atoms with Crippen LogP contribution in [0.1, 0.15) is 37.7 Å². The number of hydrogen-bond acceptors (Lipinski definition) is 8. The van der Waals surface area contributed by atoms with Crippen molar-refractivity contribution in [2.75, 3.05) is 31.4 Å². The standard InChI is InChI=1S/C37H35N5O6/c1-22-27-17-24(11-14-30(27)42(2)41-22)21-38-16-15-23-9-12-25(13-10-23)39-36(44)28-18-33(46-3)34(47-4)19-29(28)40-37(45)35-20-31(43)26-7-5-6-8-32(26)48-35/h5-14,17-20,38H,15-16,21H2,1-4H3,(H,39,44)(H,40,45). The van der Waals surface area contributed by atoms with Crippen LogP contribution in [-0.2, 0) is 20.0 Å². The van der Waals surface area contributed by atoms with Gasteiger partial charge >= 0.3 is 0 Å². The maximum absolute atomic E-state index is 13.5. The van der Waals surface area contributed by atoms with E-state index < -0.39 is 11.8 Å². The molecule has 11 nitrogen and oxygen atoms in total. The Kier molecular flexibility index (Phi) is 9.22. The summed E-state index contributed by atoms with van der Waals surface area (Å²) in [5.74, 6) is -0.785. The third-order valence-corrected chi connectivity index (χ3v) is 8.11. The lowest BCUT2D eigenvalue weighted by Crippen LogP contribution is -2.20. The van der Waals surface area contributed by atoms with Crippen LogP contribution in [0.3, 0.4) is 0 Å². The quantitative estimate of drug-likeness (QED) is 0.150. The molecule has 48 heavy (non-hydrogen) atoms. The van der Waals surface area contributed by atoms with Crippen molar-refractivity contribution < 1.29 is 23.5 Å². The van der Waals surface area contributed by atoms with E-state index in [1.807, 2.05) is 42.9 Å². The van der Waals surface area contributed by atoms with Crippen LogP contribution in [0.15, 0.2) is 94.1 Å². The van der Waals surface area contributed by atoms with Crippen molar-refractivity contribution in [3.05, 3.63) is 123 Å². The minimum absolute atomic E-state index is 0.122. The second kappa shape index (κ2) is 13.8. The molecule has 0 radical (unpaired) electrons. The smallest absolute Gasteiger partial charge is 0.291 e. The highest BCUT2D eigenvalue weighted by Crippen LogP contribution is 2.34. The number of nitrogens with zero attached hydrogens (tertiary/aromatic N) is 2. The molecule has 0 spiro atoms.